The van der Waals surface area contributed by atoms with Gasteiger partial charge in [-0.15, -0.1) is 0 Å². The summed E-state index contributed by atoms with van der Waals surface area (Å²) in [5, 5.41) is 2.67. The Hall–Kier alpha value is -1.31. The molecule has 1 amide bonds. The molecule has 0 radical (unpaired) electrons. The number of rotatable bonds is 4. The van der Waals surface area contributed by atoms with Crippen molar-refractivity contribution in [2.24, 2.45) is 0 Å². The number of allylic oxidation sites excluding steroid dienone is 3. The second-order valence-electron chi connectivity index (χ2n) is 2.99. The molecule has 0 spiro atoms. The first-order chi connectivity index (χ1) is 6.07. The molecule has 0 unspecified atom stereocenters. The first-order valence-electron chi connectivity index (χ1n) is 4.36. The molecule has 0 aromatic rings. The number of hydrogen-bond donors (Lipinski definition) is 1. The van der Waals surface area contributed by atoms with Crippen LogP contribution in [0.1, 0.15) is 20.8 Å². The van der Waals surface area contributed by atoms with Crippen molar-refractivity contribution in [2.75, 3.05) is 6.54 Å². The summed E-state index contributed by atoms with van der Waals surface area (Å²) in [7, 11) is 0. The first-order valence-corrected chi connectivity index (χ1v) is 4.36. The Balaban J connectivity index is 4.07. The van der Waals surface area contributed by atoms with Crippen molar-refractivity contribution < 1.29 is 4.79 Å². The molecular weight excluding hydrogens is 162 g/mol. The normalized spacial score (nSPS) is 9.77. The van der Waals surface area contributed by atoms with E-state index in [0.717, 1.165) is 0 Å². The summed E-state index contributed by atoms with van der Waals surface area (Å²) in [5.41, 5.74) is 1.68. The number of nitrogens with one attached hydrogen (secondary N) is 1. The van der Waals surface area contributed by atoms with E-state index in [4.69, 9.17) is 0 Å². The van der Waals surface area contributed by atoms with E-state index in [1.165, 1.54) is 5.57 Å². The number of carbonyl (C=O) groups is 1. The lowest BCUT2D eigenvalue weighted by Gasteiger charge is -1.99. The Bertz CT molecular complexity index is 245. The molecule has 0 atom stereocenters. The summed E-state index contributed by atoms with van der Waals surface area (Å²) in [6.45, 7) is 10.2. The maximum absolute atomic E-state index is 11.1. The van der Waals surface area contributed by atoms with E-state index in [1.54, 1.807) is 6.08 Å². The lowest BCUT2D eigenvalue weighted by molar-refractivity contribution is -0.117. The Morgan fingerprint density at radius 1 is 1.46 bits per heavy atom. The van der Waals surface area contributed by atoms with Crippen molar-refractivity contribution in [3.8, 4) is 0 Å². The van der Waals surface area contributed by atoms with E-state index in [-0.39, 0.29) is 5.91 Å². The molecule has 72 valence electrons. The van der Waals surface area contributed by atoms with Crippen molar-refractivity contribution in [1.29, 1.82) is 0 Å². The van der Waals surface area contributed by atoms with Crippen LogP contribution >= 0.6 is 0 Å². The van der Waals surface area contributed by atoms with Gasteiger partial charge in [-0.1, -0.05) is 30.4 Å². The average Bonchev–Trinajstić information content (AvgIpc) is 2.04. The molecule has 0 aliphatic rings. The van der Waals surface area contributed by atoms with Gasteiger partial charge < -0.3 is 5.32 Å². The molecule has 0 aliphatic carbocycles. The number of carbonyl (C=O) groups excluding carboxylic acids is 1. The van der Waals surface area contributed by atoms with Crippen molar-refractivity contribution in [3.05, 3.63) is 36.0 Å². The van der Waals surface area contributed by atoms with Crippen molar-refractivity contribution in [3.63, 3.8) is 0 Å². The van der Waals surface area contributed by atoms with Crippen LogP contribution in [0.5, 0.6) is 0 Å². The number of amides is 1. The summed E-state index contributed by atoms with van der Waals surface area (Å²) in [5.74, 6) is -0.110. The van der Waals surface area contributed by atoms with E-state index in [9.17, 15) is 4.79 Å². The van der Waals surface area contributed by atoms with Gasteiger partial charge in [-0.2, -0.15) is 0 Å². The van der Waals surface area contributed by atoms with Crippen molar-refractivity contribution >= 4 is 5.91 Å². The van der Waals surface area contributed by atoms with Crippen molar-refractivity contribution in [1.82, 2.24) is 5.32 Å². The third-order valence-electron chi connectivity index (χ3n) is 1.36. The average molecular weight is 179 g/mol. The van der Waals surface area contributed by atoms with Crippen LogP contribution in [0.4, 0.5) is 0 Å². The maximum atomic E-state index is 11.1. The molecule has 13 heavy (non-hydrogen) atoms. The number of hydrogen-bond acceptors (Lipinski definition) is 1. The van der Waals surface area contributed by atoms with Crippen LogP contribution in [0, 0.1) is 0 Å². The monoisotopic (exact) mass is 179 g/mol. The van der Waals surface area contributed by atoms with E-state index >= 15 is 0 Å². The molecule has 0 aromatic carbocycles. The third kappa shape index (κ3) is 5.91. The summed E-state index contributed by atoms with van der Waals surface area (Å²) >= 11 is 0. The molecule has 0 aliphatic heterocycles. The van der Waals surface area contributed by atoms with E-state index < -0.39 is 0 Å². The molecule has 0 heterocycles. The van der Waals surface area contributed by atoms with Gasteiger partial charge in [-0.25, -0.2) is 0 Å². The lowest BCUT2D eigenvalue weighted by atomic mass is 10.2. The van der Waals surface area contributed by atoms with Gasteiger partial charge in [0, 0.05) is 12.1 Å². The SMILES string of the molecule is C=C(/C=C\C=C(C)C)C(=O)NCC. The molecule has 0 saturated carbocycles. The fraction of sp³-hybridized carbons (Fsp3) is 0.364. The van der Waals surface area contributed by atoms with Gasteiger partial charge in [0.05, 0.1) is 0 Å². The van der Waals surface area contributed by atoms with Gasteiger partial charge in [0.15, 0.2) is 0 Å². The van der Waals surface area contributed by atoms with Crippen LogP contribution in [-0.2, 0) is 4.79 Å². The van der Waals surface area contributed by atoms with Gasteiger partial charge >= 0.3 is 0 Å². The fourth-order valence-corrected chi connectivity index (χ4v) is 0.706. The standard InChI is InChI=1S/C11H17NO/c1-5-12-11(13)10(4)8-6-7-9(2)3/h6-8H,4-5H2,1-3H3,(H,12,13)/b8-6-. The summed E-state index contributed by atoms with van der Waals surface area (Å²) in [6.07, 6.45) is 5.47. The Labute approximate surface area is 80.0 Å². The summed E-state index contributed by atoms with van der Waals surface area (Å²) < 4.78 is 0. The minimum Gasteiger partial charge on any atom is -0.352 e. The lowest BCUT2D eigenvalue weighted by Crippen LogP contribution is -2.23. The predicted octanol–water partition coefficient (Wildman–Crippen LogP) is 2.20. The van der Waals surface area contributed by atoms with Gasteiger partial charge in [0.25, 0.3) is 5.91 Å². The highest BCUT2D eigenvalue weighted by Crippen LogP contribution is 1.95. The molecular formula is C11H17NO. The van der Waals surface area contributed by atoms with Crippen LogP contribution in [-0.4, -0.2) is 12.5 Å². The molecule has 2 nitrogen and oxygen atoms in total. The van der Waals surface area contributed by atoms with E-state index in [1.807, 2.05) is 32.9 Å². The zero-order valence-electron chi connectivity index (χ0n) is 8.55. The van der Waals surface area contributed by atoms with Crippen LogP contribution < -0.4 is 5.32 Å². The van der Waals surface area contributed by atoms with Gasteiger partial charge in [0.1, 0.15) is 0 Å². The van der Waals surface area contributed by atoms with Gasteiger partial charge in [-0.3, -0.25) is 4.79 Å². The van der Waals surface area contributed by atoms with Crippen LogP contribution in [0.2, 0.25) is 0 Å². The number of likely N-dealkylation sites (N-methyl/N-ethyl adjacent to an activating group) is 1. The van der Waals surface area contributed by atoms with E-state index in [2.05, 4.69) is 11.9 Å². The summed E-state index contributed by atoms with van der Waals surface area (Å²) in [6, 6.07) is 0. The third-order valence-corrected chi connectivity index (χ3v) is 1.36. The second-order valence-corrected chi connectivity index (χ2v) is 2.99. The minimum absolute atomic E-state index is 0.110. The summed E-state index contributed by atoms with van der Waals surface area (Å²) in [4.78, 5) is 11.1. The van der Waals surface area contributed by atoms with Crippen LogP contribution in [0.25, 0.3) is 0 Å². The highest BCUT2D eigenvalue weighted by Gasteiger charge is 1.98. The molecule has 0 aromatic heterocycles. The molecule has 2 heteroatoms. The molecule has 0 rings (SSSR count). The second kappa shape index (κ2) is 6.23. The van der Waals surface area contributed by atoms with Crippen molar-refractivity contribution in [2.45, 2.75) is 20.8 Å². The topological polar surface area (TPSA) is 29.1 Å². The quantitative estimate of drug-likeness (QED) is 0.520. The zero-order chi connectivity index (χ0) is 10.3. The smallest absolute Gasteiger partial charge is 0.250 e. The Kier molecular flexibility index (Phi) is 5.60. The highest BCUT2D eigenvalue weighted by molar-refractivity contribution is 5.95. The maximum Gasteiger partial charge on any atom is 0.250 e. The largest absolute Gasteiger partial charge is 0.352 e. The van der Waals surface area contributed by atoms with Crippen LogP contribution in [0.3, 0.4) is 0 Å². The molecule has 0 fully saturated rings. The first kappa shape index (κ1) is 11.7. The molecule has 0 saturated heterocycles. The Morgan fingerprint density at radius 3 is 2.54 bits per heavy atom. The zero-order valence-corrected chi connectivity index (χ0v) is 8.55. The molecule has 0 bridgehead atoms. The fourth-order valence-electron chi connectivity index (χ4n) is 0.706. The van der Waals surface area contributed by atoms with Gasteiger partial charge in [-0.05, 0) is 20.8 Å². The van der Waals surface area contributed by atoms with Crippen LogP contribution in [0.15, 0.2) is 36.0 Å². The Morgan fingerprint density at radius 2 is 2.08 bits per heavy atom. The highest BCUT2D eigenvalue weighted by atomic mass is 16.1. The predicted molar refractivity (Wildman–Crippen MR) is 56.4 cm³/mol. The molecule has 1 N–H and O–H groups in total. The van der Waals surface area contributed by atoms with E-state index in [0.29, 0.717) is 12.1 Å². The minimum atomic E-state index is -0.110. The van der Waals surface area contributed by atoms with Gasteiger partial charge in [0.2, 0.25) is 0 Å².